The number of fused-ring (bicyclic) bond motifs is 1. The van der Waals surface area contributed by atoms with Crippen LogP contribution in [0.5, 0.6) is 0 Å². The quantitative estimate of drug-likeness (QED) is 0.631. The molecule has 9 heteroatoms. The summed E-state index contributed by atoms with van der Waals surface area (Å²) < 4.78 is 6.90. The monoisotopic (exact) mass is 424 g/mol. The molecular weight excluding hydrogens is 404 g/mol. The molecule has 0 fully saturated rings. The van der Waals surface area contributed by atoms with E-state index in [1.54, 1.807) is 25.3 Å². The Morgan fingerprint density at radius 3 is 2.88 bits per heavy atom. The highest BCUT2D eigenvalue weighted by atomic mass is 79.9. The maximum atomic E-state index is 12.5. The number of hydrogen-bond acceptors (Lipinski definition) is 5. The van der Waals surface area contributed by atoms with E-state index in [1.807, 2.05) is 0 Å². The average Bonchev–Trinajstić information content (AvgIpc) is 2.61. The number of carbonyl (C=O) groups excluding carboxylic acids is 2. The van der Waals surface area contributed by atoms with Crippen LogP contribution in [-0.4, -0.2) is 60.1 Å². The summed E-state index contributed by atoms with van der Waals surface area (Å²) in [6, 6.07) is 5.19. The van der Waals surface area contributed by atoms with Crippen molar-refractivity contribution in [3.05, 3.63) is 39.4 Å². The summed E-state index contributed by atoms with van der Waals surface area (Å²) >= 11 is 3.32. The third-order valence-corrected chi connectivity index (χ3v) is 4.24. The molecule has 8 nitrogen and oxygen atoms in total. The van der Waals surface area contributed by atoms with Gasteiger partial charge in [-0.05, 0) is 24.6 Å². The van der Waals surface area contributed by atoms with Gasteiger partial charge in [-0.1, -0.05) is 15.9 Å². The highest BCUT2D eigenvalue weighted by molar-refractivity contribution is 9.10. The summed E-state index contributed by atoms with van der Waals surface area (Å²) in [7, 11) is 3.11. The molecule has 1 aromatic heterocycles. The standard InChI is InChI=1S/C17H21BrN4O4/c1-21(9-15(23)19-6-3-7-26-2)16(24)10-22-11-20-14-5-4-12(18)8-13(14)17(22)25/h4-5,8,11H,3,6-7,9-10H2,1-2H3,(H,19,23). The van der Waals surface area contributed by atoms with Crippen LogP contribution in [0.25, 0.3) is 10.9 Å². The molecule has 2 rings (SSSR count). The minimum absolute atomic E-state index is 0.0763. The molecule has 0 saturated heterocycles. The van der Waals surface area contributed by atoms with Crippen molar-refractivity contribution in [2.45, 2.75) is 13.0 Å². The number of carbonyl (C=O) groups is 2. The van der Waals surface area contributed by atoms with Gasteiger partial charge in [-0.25, -0.2) is 4.98 Å². The maximum Gasteiger partial charge on any atom is 0.261 e. The summed E-state index contributed by atoms with van der Waals surface area (Å²) in [5, 5.41) is 3.13. The molecule has 2 amide bonds. The predicted molar refractivity (Wildman–Crippen MR) is 101 cm³/mol. The third kappa shape index (κ3) is 5.37. The smallest absolute Gasteiger partial charge is 0.261 e. The van der Waals surface area contributed by atoms with Crippen LogP contribution >= 0.6 is 15.9 Å². The third-order valence-electron chi connectivity index (χ3n) is 3.75. The summed E-state index contributed by atoms with van der Waals surface area (Å²) in [6.45, 7) is 0.787. The Kier molecular flexibility index (Phi) is 7.28. The van der Waals surface area contributed by atoms with E-state index in [-0.39, 0.29) is 30.5 Å². The second-order valence-corrected chi connectivity index (χ2v) is 6.70. The molecule has 0 spiro atoms. The first-order valence-electron chi connectivity index (χ1n) is 8.06. The molecule has 0 radical (unpaired) electrons. The molecule has 0 aliphatic carbocycles. The van der Waals surface area contributed by atoms with Gasteiger partial charge >= 0.3 is 0 Å². The highest BCUT2D eigenvalue weighted by Gasteiger charge is 2.15. The van der Waals surface area contributed by atoms with Gasteiger partial charge in [0.05, 0.1) is 23.8 Å². The zero-order valence-corrected chi connectivity index (χ0v) is 16.3. The number of ether oxygens (including phenoxy) is 1. The number of likely N-dealkylation sites (N-methyl/N-ethyl adjacent to an activating group) is 1. The van der Waals surface area contributed by atoms with Crippen LogP contribution in [-0.2, 0) is 20.9 Å². The van der Waals surface area contributed by atoms with Gasteiger partial charge in [-0.2, -0.15) is 0 Å². The van der Waals surface area contributed by atoms with Gasteiger partial charge in [0.1, 0.15) is 6.54 Å². The van der Waals surface area contributed by atoms with Gasteiger partial charge < -0.3 is 15.0 Å². The lowest BCUT2D eigenvalue weighted by Gasteiger charge is -2.17. The van der Waals surface area contributed by atoms with Crippen LogP contribution in [0.1, 0.15) is 6.42 Å². The average molecular weight is 425 g/mol. The lowest BCUT2D eigenvalue weighted by atomic mass is 10.2. The zero-order chi connectivity index (χ0) is 19.1. The second kappa shape index (κ2) is 9.44. The molecule has 2 aromatic rings. The summed E-state index contributed by atoms with van der Waals surface area (Å²) in [4.78, 5) is 42.1. The highest BCUT2D eigenvalue weighted by Crippen LogP contribution is 2.14. The van der Waals surface area contributed by atoms with Crippen molar-refractivity contribution in [1.29, 1.82) is 0 Å². The topological polar surface area (TPSA) is 93.5 Å². The first kappa shape index (κ1) is 20.1. The number of aromatic nitrogens is 2. The van der Waals surface area contributed by atoms with Crippen LogP contribution < -0.4 is 10.9 Å². The van der Waals surface area contributed by atoms with Gasteiger partial charge in [-0.3, -0.25) is 19.0 Å². The van der Waals surface area contributed by atoms with Gasteiger partial charge in [-0.15, -0.1) is 0 Å². The number of nitrogens with zero attached hydrogens (tertiary/aromatic N) is 3. The Labute approximate surface area is 159 Å². The molecule has 1 heterocycles. The van der Waals surface area contributed by atoms with Crippen LogP contribution in [0.15, 0.2) is 33.8 Å². The number of benzene rings is 1. The number of methoxy groups -OCH3 is 1. The Balaban J connectivity index is 1.98. The van der Waals surface area contributed by atoms with Crippen LogP contribution in [0.4, 0.5) is 0 Å². The molecule has 140 valence electrons. The van der Waals surface area contributed by atoms with E-state index in [1.165, 1.54) is 22.8 Å². The fourth-order valence-corrected chi connectivity index (χ4v) is 2.68. The lowest BCUT2D eigenvalue weighted by molar-refractivity contribution is -0.135. The Bertz CT molecular complexity index is 852. The Hall–Kier alpha value is -2.26. The zero-order valence-electron chi connectivity index (χ0n) is 14.7. The minimum atomic E-state index is -0.352. The van der Waals surface area contributed by atoms with E-state index in [4.69, 9.17) is 4.74 Å². The number of nitrogens with one attached hydrogen (secondary N) is 1. The van der Waals surface area contributed by atoms with Crippen molar-refractivity contribution >= 4 is 38.6 Å². The first-order valence-corrected chi connectivity index (χ1v) is 8.86. The van der Waals surface area contributed by atoms with Crippen molar-refractivity contribution in [2.75, 3.05) is 33.9 Å². The van der Waals surface area contributed by atoms with E-state index in [2.05, 4.69) is 26.2 Å². The van der Waals surface area contributed by atoms with E-state index in [0.29, 0.717) is 30.5 Å². The summed E-state index contributed by atoms with van der Waals surface area (Å²) in [6.07, 6.45) is 2.04. The van der Waals surface area contributed by atoms with Crippen molar-refractivity contribution in [3.8, 4) is 0 Å². The summed E-state index contributed by atoms with van der Waals surface area (Å²) in [5.41, 5.74) is 0.257. The van der Waals surface area contributed by atoms with E-state index >= 15 is 0 Å². The summed E-state index contributed by atoms with van der Waals surface area (Å²) in [5.74, 6) is -0.611. The lowest BCUT2D eigenvalue weighted by Crippen LogP contribution is -2.41. The maximum absolute atomic E-state index is 12.5. The number of rotatable bonds is 8. The SMILES string of the molecule is COCCCNC(=O)CN(C)C(=O)Cn1cnc2ccc(Br)cc2c1=O. The molecule has 0 unspecified atom stereocenters. The predicted octanol–water partition coefficient (Wildman–Crippen LogP) is 0.770. The first-order chi connectivity index (χ1) is 12.4. The molecule has 0 atom stereocenters. The molecule has 26 heavy (non-hydrogen) atoms. The number of halogens is 1. The van der Waals surface area contributed by atoms with Crippen molar-refractivity contribution in [2.24, 2.45) is 0 Å². The number of hydrogen-bond donors (Lipinski definition) is 1. The van der Waals surface area contributed by atoms with E-state index < -0.39 is 0 Å². The molecule has 1 N–H and O–H groups in total. The fourth-order valence-electron chi connectivity index (χ4n) is 2.31. The molecule has 0 saturated carbocycles. The second-order valence-electron chi connectivity index (χ2n) is 5.79. The fraction of sp³-hybridized carbons (Fsp3) is 0.412. The van der Waals surface area contributed by atoms with Gasteiger partial charge in [0, 0.05) is 31.8 Å². The van der Waals surface area contributed by atoms with Gasteiger partial charge in [0.15, 0.2) is 0 Å². The van der Waals surface area contributed by atoms with Crippen LogP contribution in [0.3, 0.4) is 0 Å². The van der Waals surface area contributed by atoms with Crippen molar-refractivity contribution in [3.63, 3.8) is 0 Å². The normalized spacial score (nSPS) is 10.7. The minimum Gasteiger partial charge on any atom is -0.385 e. The Morgan fingerprint density at radius 2 is 2.15 bits per heavy atom. The van der Waals surface area contributed by atoms with Crippen LogP contribution in [0, 0.1) is 0 Å². The largest absolute Gasteiger partial charge is 0.385 e. The molecule has 1 aromatic carbocycles. The molecule has 0 aliphatic heterocycles. The van der Waals surface area contributed by atoms with Crippen molar-refractivity contribution in [1.82, 2.24) is 19.8 Å². The van der Waals surface area contributed by atoms with Crippen LogP contribution in [0.2, 0.25) is 0 Å². The number of amides is 2. The van der Waals surface area contributed by atoms with Gasteiger partial charge in [0.25, 0.3) is 5.56 Å². The van der Waals surface area contributed by atoms with E-state index in [0.717, 1.165) is 4.47 Å². The van der Waals surface area contributed by atoms with Gasteiger partial charge in [0.2, 0.25) is 11.8 Å². The molecule has 0 aliphatic rings. The molecule has 0 bridgehead atoms. The van der Waals surface area contributed by atoms with Crippen molar-refractivity contribution < 1.29 is 14.3 Å². The van der Waals surface area contributed by atoms with E-state index in [9.17, 15) is 14.4 Å². The molecular formula is C17H21BrN4O4. The Morgan fingerprint density at radius 1 is 1.38 bits per heavy atom.